The molecule has 0 atom stereocenters. The minimum Gasteiger partial charge on any atom is -0.282 e. The summed E-state index contributed by atoms with van der Waals surface area (Å²) in [4.78, 5) is 0.0833. The van der Waals surface area contributed by atoms with Crippen molar-refractivity contribution < 1.29 is 13.0 Å². The number of hydrogen-bond donors (Lipinski definition) is 1. The van der Waals surface area contributed by atoms with Crippen LogP contribution in [0.25, 0.3) is 0 Å². The van der Waals surface area contributed by atoms with E-state index in [1.54, 1.807) is 6.07 Å². The molecule has 94 valence electrons. The molecule has 1 fully saturated rings. The van der Waals surface area contributed by atoms with Crippen molar-refractivity contribution in [3.8, 4) is 0 Å². The number of benzene rings is 1. The summed E-state index contributed by atoms with van der Waals surface area (Å²) >= 11 is 1.90. The Balaban J connectivity index is 2.46. The minimum absolute atomic E-state index is 0.0833. The zero-order valence-corrected chi connectivity index (χ0v) is 11.4. The average molecular weight is 272 g/mol. The molecule has 0 amide bonds. The third kappa shape index (κ3) is 3.03. The lowest BCUT2D eigenvalue weighted by molar-refractivity contribution is 0.479. The molecule has 0 aliphatic carbocycles. The van der Waals surface area contributed by atoms with Crippen LogP contribution in [-0.4, -0.2) is 24.5 Å². The Morgan fingerprint density at radius 2 is 1.94 bits per heavy atom. The van der Waals surface area contributed by atoms with Gasteiger partial charge in [0.05, 0.1) is 4.90 Å². The topological polar surface area (TPSA) is 54.4 Å². The third-order valence-corrected chi connectivity index (χ3v) is 5.08. The predicted molar refractivity (Wildman–Crippen MR) is 70.3 cm³/mol. The molecular weight excluding hydrogens is 256 g/mol. The maximum Gasteiger partial charge on any atom is 0.294 e. The summed E-state index contributed by atoms with van der Waals surface area (Å²) in [6.45, 7) is 1.94. The van der Waals surface area contributed by atoms with Crippen LogP contribution in [0.2, 0.25) is 0 Å². The lowest BCUT2D eigenvalue weighted by atomic mass is 9.92. The summed E-state index contributed by atoms with van der Waals surface area (Å²) in [5, 5.41) is 0. The molecule has 0 saturated carbocycles. The Kier molecular flexibility index (Phi) is 3.80. The molecule has 1 heterocycles. The molecule has 0 unspecified atom stereocenters. The normalized spacial score (nSPS) is 18.2. The molecule has 0 aromatic heterocycles. The minimum atomic E-state index is -4.11. The molecule has 0 spiro atoms. The van der Waals surface area contributed by atoms with Crippen LogP contribution < -0.4 is 0 Å². The average Bonchev–Trinajstić information content (AvgIpc) is 2.28. The van der Waals surface area contributed by atoms with Gasteiger partial charge in [0.25, 0.3) is 10.1 Å². The molecule has 1 aliphatic rings. The maximum atomic E-state index is 11.4. The van der Waals surface area contributed by atoms with E-state index in [9.17, 15) is 13.0 Å². The molecule has 5 heteroatoms. The Morgan fingerprint density at radius 1 is 1.29 bits per heavy atom. The number of thioether (sulfide) groups is 1. The van der Waals surface area contributed by atoms with Gasteiger partial charge >= 0.3 is 0 Å². The highest BCUT2D eigenvalue weighted by Gasteiger charge is 2.23. The first kappa shape index (κ1) is 12.9. The van der Waals surface area contributed by atoms with Gasteiger partial charge in [0, 0.05) is 0 Å². The highest BCUT2D eigenvalue weighted by Crippen LogP contribution is 2.35. The largest absolute Gasteiger partial charge is 0.294 e. The van der Waals surface area contributed by atoms with Crippen LogP contribution in [0.3, 0.4) is 0 Å². The van der Waals surface area contributed by atoms with E-state index in [0.29, 0.717) is 0 Å². The fourth-order valence-corrected chi connectivity index (χ4v) is 4.10. The van der Waals surface area contributed by atoms with Crippen LogP contribution in [-0.2, 0) is 10.1 Å². The predicted octanol–water partition coefficient (Wildman–Crippen LogP) is 2.85. The Morgan fingerprint density at radius 3 is 2.53 bits per heavy atom. The van der Waals surface area contributed by atoms with Crippen LogP contribution in [0.15, 0.2) is 23.1 Å². The van der Waals surface area contributed by atoms with Crippen molar-refractivity contribution in [2.24, 2.45) is 0 Å². The zero-order chi connectivity index (χ0) is 12.5. The monoisotopic (exact) mass is 272 g/mol. The van der Waals surface area contributed by atoms with Crippen LogP contribution in [0.5, 0.6) is 0 Å². The van der Waals surface area contributed by atoms with E-state index in [1.165, 1.54) is 6.07 Å². The van der Waals surface area contributed by atoms with E-state index in [0.717, 1.165) is 35.5 Å². The standard InChI is InChI=1S/C12H16O3S2/c1-9-2-3-12(17(13,14)15)11(8-9)10-4-6-16-7-5-10/h2-3,8,10H,4-7H2,1H3,(H,13,14,15). The van der Waals surface area contributed by atoms with Gasteiger partial charge in [-0.25, -0.2) is 0 Å². The second kappa shape index (κ2) is 5.00. The molecular formula is C12H16O3S2. The van der Waals surface area contributed by atoms with Crippen molar-refractivity contribution in [1.29, 1.82) is 0 Å². The second-order valence-electron chi connectivity index (χ2n) is 4.40. The van der Waals surface area contributed by atoms with Gasteiger partial charge in [-0.1, -0.05) is 17.7 Å². The molecule has 1 aromatic carbocycles. The number of rotatable bonds is 2. The van der Waals surface area contributed by atoms with Gasteiger partial charge in [-0.15, -0.1) is 0 Å². The number of hydrogen-bond acceptors (Lipinski definition) is 3. The first-order valence-corrected chi connectivity index (χ1v) is 8.24. The third-order valence-electron chi connectivity index (χ3n) is 3.10. The van der Waals surface area contributed by atoms with Crippen LogP contribution in [0, 0.1) is 6.92 Å². The van der Waals surface area contributed by atoms with Gasteiger partial charge in [0.1, 0.15) is 0 Å². The van der Waals surface area contributed by atoms with E-state index in [4.69, 9.17) is 0 Å². The quantitative estimate of drug-likeness (QED) is 0.841. The van der Waals surface area contributed by atoms with Gasteiger partial charge in [0.15, 0.2) is 0 Å². The Hall–Kier alpha value is -0.520. The van der Waals surface area contributed by atoms with Gasteiger partial charge in [-0.05, 0) is 48.8 Å². The summed E-state index contributed by atoms with van der Waals surface area (Å²) in [7, 11) is -4.11. The van der Waals surface area contributed by atoms with E-state index in [2.05, 4.69) is 0 Å². The van der Waals surface area contributed by atoms with Gasteiger partial charge < -0.3 is 0 Å². The van der Waals surface area contributed by atoms with Crippen molar-refractivity contribution in [3.05, 3.63) is 29.3 Å². The lowest BCUT2D eigenvalue weighted by Gasteiger charge is -2.23. The van der Waals surface area contributed by atoms with Crippen molar-refractivity contribution in [1.82, 2.24) is 0 Å². The Labute approximate surface area is 106 Å². The van der Waals surface area contributed by atoms with E-state index >= 15 is 0 Å². The summed E-state index contributed by atoms with van der Waals surface area (Å²) in [6.07, 6.45) is 1.97. The highest BCUT2D eigenvalue weighted by atomic mass is 32.2. The molecule has 0 radical (unpaired) electrons. The molecule has 1 N–H and O–H groups in total. The van der Waals surface area contributed by atoms with Crippen LogP contribution in [0.1, 0.15) is 29.9 Å². The Bertz CT molecular complexity index is 502. The summed E-state index contributed by atoms with van der Waals surface area (Å²) < 4.78 is 32.0. The van der Waals surface area contributed by atoms with Gasteiger partial charge in [0.2, 0.25) is 0 Å². The summed E-state index contributed by atoms with van der Waals surface area (Å²) in [6, 6.07) is 5.13. The SMILES string of the molecule is Cc1ccc(S(=O)(=O)O)c(C2CCSCC2)c1. The first-order valence-electron chi connectivity index (χ1n) is 5.64. The number of aryl methyl sites for hydroxylation is 1. The van der Waals surface area contributed by atoms with Gasteiger partial charge in [-0.2, -0.15) is 20.2 Å². The van der Waals surface area contributed by atoms with E-state index in [1.807, 2.05) is 24.8 Å². The fourth-order valence-electron chi connectivity index (χ4n) is 2.23. The molecule has 1 aliphatic heterocycles. The second-order valence-corrected chi connectivity index (χ2v) is 7.02. The molecule has 3 nitrogen and oxygen atoms in total. The van der Waals surface area contributed by atoms with Crippen molar-refractivity contribution in [3.63, 3.8) is 0 Å². The first-order chi connectivity index (χ1) is 7.98. The zero-order valence-electron chi connectivity index (χ0n) is 9.72. The van der Waals surface area contributed by atoms with E-state index < -0.39 is 10.1 Å². The fraction of sp³-hybridized carbons (Fsp3) is 0.500. The molecule has 17 heavy (non-hydrogen) atoms. The highest BCUT2D eigenvalue weighted by molar-refractivity contribution is 7.99. The van der Waals surface area contributed by atoms with Gasteiger partial charge in [-0.3, -0.25) is 4.55 Å². The van der Waals surface area contributed by atoms with Crippen molar-refractivity contribution >= 4 is 21.9 Å². The molecule has 1 saturated heterocycles. The maximum absolute atomic E-state index is 11.4. The molecule has 0 bridgehead atoms. The summed E-state index contributed by atoms with van der Waals surface area (Å²) in [5.41, 5.74) is 1.82. The molecule has 1 aromatic rings. The van der Waals surface area contributed by atoms with Crippen LogP contribution in [0.4, 0.5) is 0 Å². The van der Waals surface area contributed by atoms with Crippen molar-refractivity contribution in [2.45, 2.75) is 30.6 Å². The van der Waals surface area contributed by atoms with Crippen molar-refractivity contribution in [2.75, 3.05) is 11.5 Å². The lowest BCUT2D eigenvalue weighted by Crippen LogP contribution is -2.12. The van der Waals surface area contributed by atoms with E-state index in [-0.39, 0.29) is 10.8 Å². The van der Waals surface area contributed by atoms with Crippen LogP contribution >= 0.6 is 11.8 Å². The summed E-state index contributed by atoms with van der Waals surface area (Å²) in [5.74, 6) is 2.38. The smallest absolute Gasteiger partial charge is 0.282 e. The molecule has 2 rings (SSSR count).